The van der Waals surface area contributed by atoms with Crippen LogP contribution in [0.5, 0.6) is 17.2 Å². The second kappa shape index (κ2) is 7.99. The van der Waals surface area contributed by atoms with Crippen molar-refractivity contribution < 1.29 is 19.0 Å². The van der Waals surface area contributed by atoms with Gasteiger partial charge in [-0.25, -0.2) is 0 Å². The Morgan fingerprint density at radius 2 is 1.77 bits per heavy atom. The second-order valence-electron chi connectivity index (χ2n) is 6.12. The molecule has 0 unspecified atom stereocenters. The molecule has 0 fully saturated rings. The highest BCUT2D eigenvalue weighted by atomic mass is 16.5. The van der Waals surface area contributed by atoms with Gasteiger partial charge in [-0.05, 0) is 24.5 Å². The number of carbonyl (C=O) groups excluding carboxylic acids is 1. The van der Waals surface area contributed by atoms with Crippen LogP contribution < -0.4 is 24.4 Å². The third kappa shape index (κ3) is 3.69. The molecule has 138 valence electrons. The molecule has 1 amide bonds. The summed E-state index contributed by atoms with van der Waals surface area (Å²) in [6.07, 6.45) is 2.11. The number of amides is 1. The number of benzene rings is 2. The molecular formula is C20H24N2O4. The van der Waals surface area contributed by atoms with Crippen molar-refractivity contribution in [3.8, 4) is 17.2 Å². The standard InChI is InChI=1S/C20H24N2O4/c1-24-17-11-15(12-18(25-2)20(17)26-3)21-19(23)13-22-10-6-8-14-7-4-5-9-16(14)22/h4-5,7,9,11-12H,6,8,10,13H2,1-3H3,(H,21,23). The number of nitrogens with one attached hydrogen (secondary N) is 1. The van der Waals surface area contributed by atoms with Crippen LogP contribution in [0.25, 0.3) is 0 Å². The monoisotopic (exact) mass is 356 g/mol. The minimum absolute atomic E-state index is 0.0871. The van der Waals surface area contributed by atoms with E-state index in [0.29, 0.717) is 29.5 Å². The fraction of sp³-hybridized carbons (Fsp3) is 0.350. The van der Waals surface area contributed by atoms with Gasteiger partial charge in [0, 0.05) is 30.1 Å². The van der Waals surface area contributed by atoms with Crippen molar-refractivity contribution >= 4 is 17.3 Å². The summed E-state index contributed by atoms with van der Waals surface area (Å²) >= 11 is 0. The molecule has 6 heteroatoms. The normalized spacial score (nSPS) is 13.0. The molecule has 1 aliphatic heterocycles. The first-order valence-corrected chi connectivity index (χ1v) is 8.59. The lowest BCUT2D eigenvalue weighted by Gasteiger charge is -2.30. The Hall–Kier alpha value is -2.89. The van der Waals surface area contributed by atoms with E-state index >= 15 is 0 Å². The van der Waals surface area contributed by atoms with Crippen LogP contribution in [-0.2, 0) is 11.2 Å². The fourth-order valence-corrected chi connectivity index (χ4v) is 3.30. The third-order valence-corrected chi connectivity index (χ3v) is 4.49. The van der Waals surface area contributed by atoms with Gasteiger partial charge in [-0.15, -0.1) is 0 Å². The van der Waals surface area contributed by atoms with Gasteiger partial charge in [-0.1, -0.05) is 18.2 Å². The summed E-state index contributed by atoms with van der Waals surface area (Å²) in [4.78, 5) is 14.7. The second-order valence-corrected chi connectivity index (χ2v) is 6.12. The molecule has 0 aromatic heterocycles. The van der Waals surface area contributed by atoms with E-state index in [2.05, 4.69) is 22.3 Å². The van der Waals surface area contributed by atoms with E-state index in [1.807, 2.05) is 12.1 Å². The number of hydrogen-bond acceptors (Lipinski definition) is 5. The molecule has 6 nitrogen and oxygen atoms in total. The van der Waals surface area contributed by atoms with Crippen molar-refractivity contribution in [3.63, 3.8) is 0 Å². The predicted molar refractivity (Wildman–Crippen MR) is 102 cm³/mol. The number of methoxy groups -OCH3 is 3. The number of nitrogens with zero attached hydrogens (tertiary/aromatic N) is 1. The quantitative estimate of drug-likeness (QED) is 0.862. The van der Waals surface area contributed by atoms with Crippen LogP contribution in [0, 0.1) is 0 Å². The molecule has 2 aromatic rings. The van der Waals surface area contributed by atoms with E-state index in [1.165, 1.54) is 5.56 Å². The number of carbonyl (C=O) groups is 1. The number of rotatable bonds is 6. The van der Waals surface area contributed by atoms with Gasteiger partial charge in [-0.3, -0.25) is 4.79 Å². The topological polar surface area (TPSA) is 60.0 Å². The van der Waals surface area contributed by atoms with Gasteiger partial charge in [-0.2, -0.15) is 0 Å². The van der Waals surface area contributed by atoms with Gasteiger partial charge in [0.15, 0.2) is 11.5 Å². The van der Waals surface area contributed by atoms with E-state index in [0.717, 1.165) is 25.1 Å². The van der Waals surface area contributed by atoms with Gasteiger partial charge < -0.3 is 24.4 Å². The smallest absolute Gasteiger partial charge is 0.243 e. The Bertz CT molecular complexity index is 766. The van der Waals surface area contributed by atoms with E-state index in [-0.39, 0.29) is 5.91 Å². The first-order valence-electron chi connectivity index (χ1n) is 8.59. The summed E-state index contributed by atoms with van der Waals surface area (Å²) in [5, 5.41) is 2.92. The zero-order valence-electron chi connectivity index (χ0n) is 15.4. The molecule has 0 spiro atoms. The molecule has 0 saturated carbocycles. The largest absolute Gasteiger partial charge is 0.493 e. The lowest BCUT2D eigenvalue weighted by Crippen LogP contribution is -2.36. The molecule has 0 radical (unpaired) electrons. The SMILES string of the molecule is COc1cc(NC(=O)CN2CCCc3ccccc32)cc(OC)c1OC. The molecule has 1 heterocycles. The minimum Gasteiger partial charge on any atom is -0.493 e. The number of para-hydroxylation sites is 1. The Morgan fingerprint density at radius 1 is 1.08 bits per heavy atom. The summed E-state index contributed by atoms with van der Waals surface area (Å²) in [6, 6.07) is 11.7. The average molecular weight is 356 g/mol. The van der Waals surface area contributed by atoms with Crippen molar-refractivity contribution in [1.29, 1.82) is 0 Å². The lowest BCUT2D eigenvalue weighted by atomic mass is 10.0. The molecule has 0 aliphatic carbocycles. The van der Waals surface area contributed by atoms with Gasteiger partial charge >= 0.3 is 0 Å². The zero-order valence-corrected chi connectivity index (χ0v) is 15.4. The van der Waals surface area contributed by atoms with Crippen molar-refractivity contribution in [1.82, 2.24) is 0 Å². The Morgan fingerprint density at radius 3 is 2.42 bits per heavy atom. The summed E-state index contributed by atoms with van der Waals surface area (Å²) in [7, 11) is 4.65. The molecule has 2 aromatic carbocycles. The number of ether oxygens (including phenoxy) is 3. The molecule has 0 saturated heterocycles. The van der Waals surface area contributed by atoms with Crippen LogP contribution in [0.3, 0.4) is 0 Å². The van der Waals surface area contributed by atoms with Crippen molar-refractivity contribution in [2.24, 2.45) is 0 Å². The van der Waals surface area contributed by atoms with Crippen LogP contribution in [0.2, 0.25) is 0 Å². The predicted octanol–water partition coefficient (Wildman–Crippen LogP) is 3.10. The first-order chi connectivity index (χ1) is 12.7. The first kappa shape index (κ1) is 17.9. The van der Waals surface area contributed by atoms with Crippen LogP contribution in [0.4, 0.5) is 11.4 Å². The van der Waals surface area contributed by atoms with E-state index in [4.69, 9.17) is 14.2 Å². The van der Waals surface area contributed by atoms with Crippen LogP contribution in [-0.4, -0.2) is 40.3 Å². The molecule has 3 rings (SSSR count). The summed E-state index contributed by atoms with van der Waals surface area (Å²) in [5.74, 6) is 1.42. The average Bonchev–Trinajstić information content (AvgIpc) is 2.67. The lowest BCUT2D eigenvalue weighted by molar-refractivity contribution is -0.115. The van der Waals surface area contributed by atoms with Gasteiger partial charge in [0.1, 0.15) is 0 Å². The number of anilines is 2. The fourth-order valence-electron chi connectivity index (χ4n) is 3.30. The van der Waals surface area contributed by atoms with E-state index in [1.54, 1.807) is 33.5 Å². The Kier molecular flexibility index (Phi) is 5.51. The molecule has 0 bridgehead atoms. The number of fused-ring (bicyclic) bond motifs is 1. The van der Waals surface area contributed by atoms with Crippen molar-refractivity contribution in [2.75, 3.05) is 44.6 Å². The van der Waals surface area contributed by atoms with Gasteiger partial charge in [0.05, 0.1) is 27.9 Å². The summed E-state index contributed by atoms with van der Waals surface area (Å²) in [6.45, 7) is 1.17. The van der Waals surface area contributed by atoms with Crippen LogP contribution >= 0.6 is 0 Å². The van der Waals surface area contributed by atoms with Gasteiger partial charge in [0.25, 0.3) is 0 Å². The van der Waals surface area contributed by atoms with Gasteiger partial charge in [0.2, 0.25) is 11.7 Å². The molecule has 0 atom stereocenters. The van der Waals surface area contributed by atoms with E-state index in [9.17, 15) is 4.79 Å². The maximum absolute atomic E-state index is 12.6. The Labute approximate surface area is 153 Å². The Balaban J connectivity index is 1.75. The summed E-state index contributed by atoms with van der Waals surface area (Å²) in [5.41, 5.74) is 3.04. The summed E-state index contributed by atoms with van der Waals surface area (Å²) < 4.78 is 16.0. The minimum atomic E-state index is -0.0871. The molecule has 1 aliphatic rings. The maximum atomic E-state index is 12.6. The van der Waals surface area contributed by atoms with Crippen molar-refractivity contribution in [2.45, 2.75) is 12.8 Å². The highest BCUT2D eigenvalue weighted by Gasteiger charge is 2.20. The van der Waals surface area contributed by atoms with Crippen LogP contribution in [0.15, 0.2) is 36.4 Å². The number of hydrogen-bond donors (Lipinski definition) is 1. The van der Waals surface area contributed by atoms with Crippen LogP contribution in [0.1, 0.15) is 12.0 Å². The zero-order chi connectivity index (χ0) is 18.5. The molecule has 1 N–H and O–H groups in total. The van der Waals surface area contributed by atoms with E-state index < -0.39 is 0 Å². The van der Waals surface area contributed by atoms with Crippen molar-refractivity contribution in [3.05, 3.63) is 42.0 Å². The third-order valence-electron chi connectivity index (χ3n) is 4.49. The number of aryl methyl sites for hydroxylation is 1. The highest BCUT2D eigenvalue weighted by Crippen LogP contribution is 2.40. The molecular weight excluding hydrogens is 332 g/mol. The highest BCUT2D eigenvalue weighted by molar-refractivity contribution is 5.95. The molecule has 26 heavy (non-hydrogen) atoms. The maximum Gasteiger partial charge on any atom is 0.243 e.